The van der Waals surface area contributed by atoms with Crippen LogP contribution in [0.1, 0.15) is 25.1 Å². The summed E-state index contributed by atoms with van der Waals surface area (Å²) in [4.78, 5) is 4.62. The fourth-order valence-electron chi connectivity index (χ4n) is 2.47. The van der Waals surface area contributed by atoms with Crippen LogP contribution in [-0.2, 0) is 11.3 Å². The van der Waals surface area contributed by atoms with Crippen LogP contribution in [0.4, 0.5) is 4.39 Å². The molecule has 0 spiro atoms. The number of hydrogen-bond acceptors (Lipinski definition) is 2. The average Bonchev–Trinajstić information content (AvgIpc) is 3.11. The fourth-order valence-corrected chi connectivity index (χ4v) is 2.69. The highest BCUT2D eigenvalue weighted by atomic mass is 35.5. The topological polar surface area (TPSA) is 26.5 Å². The summed E-state index contributed by atoms with van der Waals surface area (Å²) < 4.78 is 21.6. The quantitative estimate of drug-likeness (QED) is 0.832. The number of ether oxygens (including phenoxy) is 1. The number of hydrogen-bond donors (Lipinski definition) is 0. The van der Waals surface area contributed by atoms with E-state index >= 15 is 0 Å². The van der Waals surface area contributed by atoms with Crippen molar-refractivity contribution >= 4 is 17.5 Å². The molecule has 22 heavy (non-hydrogen) atoms. The molecule has 0 aliphatic carbocycles. The predicted octanol–water partition coefficient (Wildman–Crippen LogP) is 4.13. The Bertz CT molecular complexity index is 688. The first kappa shape index (κ1) is 15.1. The van der Waals surface area contributed by atoms with Gasteiger partial charge in [-0.05, 0) is 30.2 Å². The molecule has 0 amide bonds. The van der Waals surface area contributed by atoms with Crippen molar-refractivity contribution in [2.45, 2.75) is 26.4 Å². The summed E-state index contributed by atoms with van der Waals surface area (Å²) in [6.45, 7) is 5.19. The van der Waals surface area contributed by atoms with Crippen molar-refractivity contribution in [2.75, 3.05) is 6.61 Å². The SMILES string of the molecule is CC(C)C1COC(c2cccn2Cc2c(F)cccc2Cl)=N1. The molecule has 0 bridgehead atoms. The van der Waals surface area contributed by atoms with Gasteiger partial charge in [0.25, 0.3) is 0 Å². The molecule has 1 aliphatic rings. The summed E-state index contributed by atoms with van der Waals surface area (Å²) in [6, 6.07) is 8.73. The summed E-state index contributed by atoms with van der Waals surface area (Å²) >= 11 is 6.11. The molecule has 1 aliphatic heterocycles. The molecule has 5 heteroatoms. The normalized spacial score (nSPS) is 17.7. The second kappa shape index (κ2) is 6.13. The Labute approximate surface area is 134 Å². The summed E-state index contributed by atoms with van der Waals surface area (Å²) in [5, 5.41) is 0.425. The monoisotopic (exact) mass is 320 g/mol. The first-order chi connectivity index (χ1) is 10.6. The van der Waals surface area contributed by atoms with Gasteiger partial charge in [-0.3, -0.25) is 0 Å². The minimum Gasteiger partial charge on any atom is -0.474 e. The molecule has 3 rings (SSSR count). The number of halogens is 2. The lowest BCUT2D eigenvalue weighted by atomic mass is 10.1. The van der Waals surface area contributed by atoms with Crippen LogP contribution in [0.3, 0.4) is 0 Å². The number of benzene rings is 1. The van der Waals surface area contributed by atoms with Gasteiger partial charge >= 0.3 is 0 Å². The van der Waals surface area contributed by atoms with Crippen LogP contribution in [0.2, 0.25) is 5.02 Å². The maximum Gasteiger partial charge on any atom is 0.233 e. The van der Waals surface area contributed by atoms with E-state index in [2.05, 4.69) is 18.8 Å². The third-order valence-electron chi connectivity index (χ3n) is 3.88. The Hall–Kier alpha value is -1.81. The molecule has 2 aromatic rings. The molecule has 0 radical (unpaired) electrons. The van der Waals surface area contributed by atoms with Gasteiger partial charge in [0, 0.05) is 16.8 Å². The Balaban J connectivity index is 1.89. The van der Waals surface area contributed by atoms with Gasteiger partial charge in [0.1, 0.15) is 18.1 Å². The van der Waals surface area contributed by atoms with Crippen LogP contribution in [0, 0.1) is 11.7 Å². The van der Waals surface area contributed by atoms with Gasteiger partial charge in [-0.25, -0.2) is 9.38 Å². The van der Waals surface area contributed by atoms with Crippen LogP contribution in [0.15, 0.2) is 41.5 Å². The zero-order valence-corrected chi connectivity index (χ0v) is 13.3. The Morgan fingerprint density at radius 2 is 2.18 bits per heavy atom. The van der Waals surface area contributed by atoms with E-state index < -0.39 is 0 Å². The first-order valence-electron chi connectivity index (χ1n) is 7.35. The lowest BCUT2D eigenvalue weighted by Crippen LogP contribution is -2.13. The highest BCUT2D eigenvalue weighted by Gasteiger charge is 2.24. The van der Waals surface area contributed by atoms with Crippen LogP contribution < -0.4 is 0 Å². The van der Waals surface area contributed by atoms with E-state index in [4.69, 9.17) is 16.3 Å². The summed E-state index contributed by atoms with van der Waals surface area (Å²) in [6.07, 6.45) is 1.88. The third kappa shape index (κ3) is 2.88. The van der Waals surface area contributed by atoms with Crippen molar-refractivity contribution in [3.05, 3.63) is 58.6 Å². The molecule has 0 fully saturated rings. The van der Waals surface area contributed by atoms with Crippen molar-refractivity contribution in [2.24, 2.45) is 10.9 Å². The molecule has 1 aromatic carbocycles. The Morgan fingerprint density at radius 1 is 1.36 bits per heavy atom. The van der Waals surface area contributed by atoms with Gasteiger partial charge in [0.2, 0.25) is 5.90 Å². The van der Waals surface area contributed by atoms with Crippen LogP contribution in [0.5, 0.6) is 0 Å². The van der Waals surface area contributed by atoms with Gasteiger partial charge < -0.3 is 9.30 Å². The van der Waals surface area contributed by atoms with E-state index in [9.17, 15) is 4.39 Å². The molecule has 0 saturated carbocycles. The average molecular weight is 321 g/mol. The van der Waals surface area contributed by atoms with E-state index in [1.165, 1.54) is 6.07 Å². The molecule has 0 saturated heterocycles. The standard InChI is InChI=1S/C17H18ClFN2O/c1-11(2)15-10-22-17(20-15)16-7-4-8-21(16)9-12-13(18)5-3-6-14(12)19/h3-8,11,15H,9-10H2,1-2H3. The highest BCUT2D eigenvalue weighted by molar-refractivity contribution is 6.31. The number of aromatic nitrogens is 1. The number of nitrogens with zero attached hydrogens (tertiary/aromatic N) is 2. The van der Waals surface area contributed by atoms with Crippen molar-refractivity contribution in [3.63, 3.8) is 0 Å². The summed E-state index contributed by atoms with van der Waals surface area (Å²) in [7, 11) is 0. The highest BCUT2D eigenvalue weighted by Crippen LogP contribution is 2.23. The zero-order chi connectivity index (χ0) is 15.7. The van der Waals surface area contributed by atoms with Crippen LogP contribution in [-0.4, -0.2) is 23.1 Å². The lowest BCUT2D eigenvalue weighted by molar-refractivity contribution is 0.290. The van der Waals surface area contributed by atoms with E-state index in [0.29, 0.717) is 35.6 Å². The molecule has 2 heterocycles. The number of aliphatic imine (C=N–C) groups is 1. The van der Waals surface area contributed by atoms with Crippen molar-refractivity contribution in [1.29, 1.82) is 0 Å². The maximum atomic E-state index is 14.0. The molecule has 116 valence electrons. The van der Waals surface area contributed by atoms with E-state index in [0.717, 1.165) is 5.69 Å². The minimum absolute atomic E-state index is 0.176. The second-order valence-corrected chi connectivity index (χ2v) is 6.19. The minimum atomic E-state index is -0.304. The molecule has 3 nitrogen and oxygen atoms in total. The van der Waals surface area contributed by atoms with E-state index in [-0.39, 0.29) is 11.9 Å². The van der Waals surface area contributed by atoms with E-state index in [1.54, 1.807) is 12.1 Å². The molecular weight excluding hydrogens is 303 g/mol. The van der Waals surface area contributed by atoms with Gasteiger partial charge in [0.05, 0.1) is 12.6 Å². The second-order valence-electron chi connectivity index (χ2n) is 5.78. The molecule has 1 aromatic heterocycles. The zero-order valence-electron chi connectivity index (χ0n) is 12.6. The smallest absolute Gasteiger partial charge is 0.233 e. The molecule has 1 atom stereocenters. The van der Waals surface area contributed by atoms with Crippen molar-refractivity contribution < 1.29 is 9.13 Å². The lowest BCUT2D eigenvalue weighted by Gasteiger charge is -2.11. The van der Waals surface area contributed by atoms with Gasteiger partial charge in [-0.15, -0.1) is 0 Å². The Kier molecular flexibility index (Phi) is 4.21. The van der Waals surface area contributed by atoms with Gasteiger partial charge in [-0.1, -0.05) is 31.5 Å². The van der Waals surface area contributed by atoms with E-state index in [1.807, 2.05) is 22.9 Å². The van der Waals surface area contributed by atoms with Crippen molar-refractivity contribution in [3.8, 4) is 0 Å². The summed E-state index contributed by atoms with van der Waals surface area (Å²) in [5.41, 5.74) is 1.32. The molecular formula is C17H18ClFN2O. The maximum absolute atomic E-state index is 14.0. The molecule has 1 unspecified atom stereocenters. The van der Waals surface area contributed by atoms with Gasteiger partial charge in [-0.2, -0.15) is 0 Å². The largest absolute Gasteiger partial charge is 0.474 e. The van der Waals surface area contributed by atoms with Gasteiger partial charge in [0.15, 0.2) is 0 Å². The van der Waals surface area contributed by atoms with Crippen LogP contribution >= 0.6 is 11.6 Å². The predicted molar refractivity (Wildman–Crippen MR) is 86.1 cm³/mol. The number of rotatable bonds is 4. The summed E-state index contributed by atoms with van der Waals surface area (Å²) in [5.74, 6) is 0.750. The third-order valence-corrected chi connectivity index (χ3v) is 4.24. The van der Waals surface area contributed by atoms with Crippen LogP contribution in [0.25, 0.3) is 0 Å². The first-order valence-corrected chi connectivity index (χ1v) is 7.73. The molecule has 0 N–H and O–H groups in total. The fraction of sp³-hybridized carbons (Fsp3) is 0.353. The Morgan fingerprint density at radius 3 is 2.86 bits per heavy atom. The van der Waals surface area contributed by atoms with Crippen molar-refractivity contribution in [1.82, 2.24) is 4.57 Å².